The van der Waals surface area contributed by atoms with Crippen LogP contribution in [0, 0.1) is 5.41 Å². The summed E-state index contributed by atoms with van der Waals surface area (Å²) in [7, 11) is -5.40. The smallest absolute Gasteiger partial charge is 0.321 e. The number of amides is 2. The lowest BCUT2D eigenvalue weighted by atomic mass is 9.69. The van der Waals surface area contributed by atoms with E-state index in [1.807, 2.05) is 32.8 Å². The number of sulfone groups is 1. The van der Waals surface area contributed by atoms with Crippen molar-refractivity contribution < 1.29 is 54.8 Å². The van der Waals surface area contributed by atoms with Crippen LogP contribution in [0.5, 0.6) is 0 Å². The second-order valence-electron chi connectivity index (χ2n) is 12.6. The van der Waals surface area contributed by atoms with Gasteiger partial charge in [0, 0.05) is 36.8 Å². The van der Waals surface area contributed by atoms with Crippen LogP contribution in [0.3, 0.4) is 0 Å². The van der Waals surface area contributed by atoms with E-state index < -0.39 is 81.0 Å². The SMILES string of the molecule is CCCC[C@]1(CC)CS(=O)(=O)c2ccc(N(C)C)cc2[C@@H](c2cccc(NC(=O)N[C@@H]3O[C@H](COS(=O)(=O)[O-])[C@@H](F)[C@H](O)[C@H]3O)c2)[C@H]1O.[NH4+]. The second-order valence-corrected chi connectivity index (χ2v) is 15.6. The highest BCUT2D eigenvalue weighted by atomic mass is 32.3. The molecule has 4 rings (SSSR count). The molecule has 0 radical (unpaired) electrons. The Bertz CT molecular complexity index is 1680. The van der Waals surface area contributed by atoms with Crippen LogP contribution in [0.4, 0.5) is 20.6 Å². The number of anilines is 2. The second kappa shape index (κ2) is 15.9. The van der Waals surface area contributed by atoms with E-state index >= 15 is 0 Å². The maximum absolute atomic E-state index is 14.5. The van der Waals surface area contributed by atoms with E-state index in [4.69, 9.17) is 4.74 Å². The molecule has 0 spiro atoms. The summed E-state index contributed by atoms with van der Waals surface area (Å²) in [6.07, 6.45) is -8.67. The Morgan fingerprint density at radius 2 is 1.84 bits per heavy atom. The van der Waals surface area contributed by atoms with Crippen LogP contribution in [0.25, 0.3) is 0 Å². The van der Waals surface area contributed by atoms with Gasteiger partial charge in [-0.05, 0) is 54.3 Å². The summed E-state index contributed by atoms with van der Waals surface area (Å²) in [5.41, 5.74) is 0.908. The predicted octanol–water partition coefficient (Wildman–Crippen LogP) is 2.38. The predicted molar refractivity (Wildman–Crippen MR) is 179 cm³/mol. The maximum Gasteiger partial charge on any atom is 0.321 e. The average Bonchev–Trinajstić information content (AvgIpc) is 3.09. The van der Waals surface area contributed by atoms with E-state index in [0.717, 1.165) is 12.1 Å². The Morgan fingerprint density at radius 1 is 1.14 bits per heavy atom. The number of hydrogen-bond acceptors (Lipinski definition) is 12. The fourth-order valence-corrected chi connectivity index (χ4v) is 9.00. The molecule has 2 aliphatic heterocycles. The van der Waals surface area contributed by atoms with Gasteiger partial charge in [0.15, 0.2) is 22.2 Å². The number of unbranched alkanes of at least 4 members (excludes halogenated alkanes) is 1. The van der Waals surface area contributed by atoms with Crippen LogP contribution in [0.15, 0.2) is 47.4 Å². The molecule has 1 fully saturated rings. The Kier molecular flexibility index (Phi) is 13.2. The number of alkyl halides is 1. The zero-order valence-corrected chi connectivity index (χ0v) is 29.7. The van der Waals surface area contributed by atoms with Gasteiger partial charge in [-0.15, -0.1) is 0 Å². The van der Waals surface area contributed by atoms with Crippen LogP contribution < -0.4 is 21.7 Å². The van der Waals surface area contributed by atoms with E-state index in [9.17, 15) is 45.9 Å². The minimum Gasteiger partial charge on any atom is -0.726 e. The number of quaternary nitrogens is 1. The third-order valence-corrected chi connectivity index (χ3v) is 11.6. The van der Waals surface area contributed by atoms with E-state index in [0.29, 0.717) is 30.4 Å². The third-order valence-electron chi connectivity index (χ3n) is 9.15. The molecule has 0 saturated carbocycles. The van der Waals surface area contributed by atoms with Crippen LogP contribution in [-0.2, 0) is 29.2 Å². The number of nitrogens with zero attached hydrogens (tertiary/aromatic N) is 1. The van der Waals surface area contributed by atoms with Gasteiger partial charge in [-0.1, -0.05) is 38.8 Å². The van der Waals surface area contributed by atoms with Crippen LogP contribution in [-0.4, -0.2) is 106 Å². The normalized spacial score (nSPS) is 29.5. The van der Waals surface area contributed by atoms with Gasteiger partial charge in [0.2, 0.25) is 10.4 Å². The van der Waals surface area contributed by atoms with Gasteiger partial charge in [-0.3, -0.25) is 4.18 Å². The summed E-state index contributed by atoms with van der Waals surface area (Å²) < 4.78 is 84.0. The summed E-state index contributed by atoms with van der Waals surface area (Å²) >= 11 is 0. The summed E-state index contributed by atoms with van der Waals surface area (Å²) in [4.78, 5) is 15.0. The fraction of sp³-hybridized carbons (Fsp3) is 0.581. The zero-order valence-electron chi connectivity index (χ0n) is 28.1. The molecule has 9 N–H and O–H groups in total. The molecule has 2 aromatic carbocycles. The lowest BCUT2D eigenvalue weighted by Gasteiger charge is -2.39. The minimum absolute atomic E-state index is 0. The van der Waals surface area contributed by atoms with Crippen molar-refractivity contribution in [1.29, 1.82) is 0 Å². The standard InChI is InChI=1S/C31H44FN3O11S2.H3N/c1-5-7-13-31(6-2)17-47(40,41)23-12-11-20(35(3)4)15-21(23)24(28(31)38)18-9-8-10-19(14-18)33-30(39)34-29-27(37)26(36)25(32)22(46-29)16-45-48(42,43)44;/h8-12,14-15,22,24-29,36-38H,5-7,13,16-17H2,1-4H3,(H2,33,34,39)(H,42,43,44);1H3/t22-,24-,25-,26+,27-,28-,29-,31-;/m1./s1. The first-order chi connectivity index (χ1) is 22.4. The van der Waals surface area contributed by atoms with Crippen molar-refractivity contribution in [3.05, 3.63) is 53.6 Å². The van der Waals surface area contributed by atoms with Crippen LogP contribution in [0.1, 0.15) is 56.6 Å². The molecule has 276 valence electrons. The minimum atomic E-state index is -5.22. The number of carbonyl (C=O) groups excluding carboxylic acids is 1. The first kappa shape index (κ1) is 40.5. The van der Waals surface area contributed by atoms with Gasteiger partial charge in [0.25, 0.3) is 0 Å². The lowest BCUT2D eigenvalue weighted by Crippen LogP contribution is -2.62. The topological polar surface area (TPSA) is 251 Å². The fourth-order valence-electron chi connectivity index (χ4n) is 6.44. The number of ether oxygens (including phenoxy) is 1. The lowest BCUT2D eigenvalue weighted by molar-refractivity contribution is -0.214. The highest BCUT2D eigenvalue weighted by molar-refractivity contribution is 7.91. The molecule has 15 nitrogen and oxygen atoms in total. The Morgan fingerprint density at radius 3 is 2.45 bits per heavy atom. The molecule has 2 aliphatic rings. The molecule has 49 heavy (non-hydrogen) atoms. The van der Waals surface area contributed by atoms with E-state index in [1.54, 1.807) is 36.4 Å². The molecular formula is C31H47FN4O11S2. The number of hydrogen-bond donors (Lipinski definition) is 6. The average molecular weight is 735 g/mol. The van der Waals surface area contributed by atoms with Crippen molar-refractivity contribution >= 4 is 37.6 Å². The largest absolute Gasteiger partial charge is 0.726 e. The Balaban J connectivity index is 0.00000650. The molecular weight excluding hydrogens is 687 g/mol. The molecule has 0 aromatic heterocycles. The monoisotopic (exact) mass is 734 g/mol. The quantitative estimate of drug-likeness (QED) is 0.144. The Hall–Kier alpha value is -2.94. The number of halogens is 1. The first-order valence-electron chi connectivity index (χ1n) is 15.6. The summed E-state index contributed by atoms with van der Waals surface area (Å²) in [5.74, 6) is -1.04. The number of rotatable bonds is 11. The molecule has 2 heterocycles. The summed E-state index contributed by atoms with van der Waals surface area (Å²) in [5, 5.41) is 37.4. The number of fused-ring (bicyclic) bond motifs is 1. The van der Waals surface area contributed by atoms with Crippen molar-refractivity contribution in [2.45, 2.75) is 87.2 Å². The summed E-state index contributed by atoms with van der Waals surface area (Å²) in [6, 6.07) is 10.5. The first-order valence-corrected chi connectivity index (χ1v) is 18.6. The molecule has 0 unspecified atom stereocenters. The zero-order chi connectivity index (χ0) is 35.6. The molecule has 2 aromatic rings. The Labute approximate surface area is 286 Å². The van der Waals surface area contributed by atoms with Gasteiger partial charge < -0.3 is 46.3 Å². The molecule has 8 atom stereocenters. The summed E-state index contributed by atoms with van der Waals surface area (Å²) in [6.45, 7) is 2.76. The molecule has 1 saturated heterocycles. The highest BCUT2D eigenvalue weighted by Gasteiger charge is 2.49. The van der Waals surface area contributed by atoms with Crippen molar-refractivity contribution in [1.82, 2.24) is 11.5 Å². The van der Waals surface area contributed by atoms with Crippen molar-refractivity contribution in [2.75, 3.05) is 36.7 Å². The number of carbonyl (C=O) groups is 1. The van der Waals surface area contributed by atoms with Crippen molar-refractivity contribution in [3.8, 4) is 0 Å². The maximum atomic E-state index is 14.5. The van der Waals surface area contributed by atoms with E-state index in [2.05, 4.69) is 14.8 Å². The number of benzene rings is 2. The van der Waals surface area contributed by atoms with Crippen molar-refractivity contribution in [3.63, 3.8) is 0 Å². The highest BCUT2D eigenvalue weighted by Crippen LogP contribution is 2.49. The number of urea groups is 1. The van der Waals surface area contributed by atoms with Crippen molar-refractivity contribution in [2.24, 2.45) is 5.41 Å². The van der Waals surface area contributed by atoms with E-state index in [-0.39, 0.29) is 22.5 Å². The molecule has 18 heteroatoms. The van der Waals surface area contributed by atoms with E-state index in [1.165, 1.54) is 6.07 Å². The van der Waals surface area contributed by atoms with Gasteiger partial charge in [-0.2, -0.15) is 0 Å². The van der Waals surface area contributed by atoms with Gasteiger partial charge in [0.05, 0.1) is 23.4 Å². The van der Waals surface area contributed by atoms with Gasteiger partial charge >= 0.3 is 6.03 Å². The van der Waals surface area contributed by atoms with Crippen LogP contribution in [0.2, 0.25) is 0 Å². The van der Waals surface area contributed by atoms with Crippen LogP contribution >= 0.6 is 0 Å². The molecule has 2 amide bonds. The number of nitrogens with one attached hydrogen (secondary N) is 2. The van der Waals surface area contributed by atoms with Gasteiger partial charge in [-0.25, -0.2) is 26.0 Å². The third kappa shape index (κ3) is 9.05. The van der Waals surface area contributed by atoms with Gasteiger partial charge in [0.1, 0.15) is 18.3 Å². The number of aliphatic hydroxyl groups is 3. The number of aliphatic hydroxyl groups excluding tert-OH is 3. The molecule has 0 bridgehead atoms. The molecule has 0 aliphatic carbocycles.